The van der Waals surface area contributed by atoms with Gasteiger partial charge in [-0.2, -0.15) is 0 Å². The van der Waals surface area contributed by atoms with Crippen molar-refractivity contribution in [2.45, 2.75) is 71.2 Å². The van der Waals surface area contributed by atoms with Crippen molar-refractivity contribution in [3.05, 3.63) is 58.9 Å². The van der Waals surface area contributed by atoms with Crippen molar-refractivity contribution in [2.24, 2.45) is 0 Å². The van der Waals surface area contributed by atoms with Crippen molar-refractivity contribution in [1.82, 2.24) is 0 Å². The second kappa shape index (κ2) is 9.38. The first-order valence-corrected chi connectivity index (χ1v) is 13.8. The third kappa shape index (κ3) is 7.22. The van der Waals surface area contributed by atoms with Gasteiger partial charge >= 0.3 is 0 Å². The fourth-order valence-corrected chi connectivity index (χ4v) is 4.49. The van der Waals surface area contributed by atoms with E-state index in [4.69, 9.17) is 10.3 Å². The molecule has 0 amide bonds. The first kappa shape index (κ1) is 25.3. The number of nitrogen functional groups attached to an aromatic ring is 1. The number of hydrogen-bond donors (Lipinski definition) is 1. The van der Waals surface area contributed by atoms with E-state index in [9.17, 15) is 13.0 Å². The molecule has 0 aliphatic heterocycles. The Morgan fingerprint density at radius 2 is 1.62 bits per heavy atom. The molecule has 0 aliphatic rings. The predicted octanol–water partition coefficient (Wildman–Crippen LogP) is 3.73. The standard InChI is InChI=1S/C12H23N2OSi.C9H12O3S/c1-12(2,3)16(4,5)15-10-11-8-6-7-9-14(11)13;1-6-4-7(2)9(8(3)5-6)13(10,11)12/h6-9H,10,13H2,1-5H3;4-5H,1-3H3,(H,10,11,12)/q+1;/p-1. The number of rotatable bonds is 4. The molecule has 0 saturated carbocycles. The number of hydrogen-bond acceptors (Lipinski definition) is 5. The molecule has 6 nitrogen and oxygen atoms in total. The van der Waals surface area contributed by atoms with Crippen LogP contribution in [0.1, 0.15) is 43.2 Å². The van der Waals surface area contributed by atoms with Gasteiger partial charge in [-0.1, -0.05) is 43.1 Å². The summed E-state index contributed by atoms with van der Waals surface area (Å²) in [6.07, 6.45) is 1.84. The number of nitrogens with zero attached hydrogens (tertiary/aromatic N) is 1. The van der Waals surface area contributed by atoms with Crippen molar-refractivity contribution in [3.8, 4) is 0 Å². The fraction of sp³-hybridized carbons (Fsp3) is 0.476. The smallest absolute Gasteiger partial charge is 0.235 e. The van der Waals surface area contributed by atoms with Crippen molar-refractivity contribution in [1.29, 1.82) is 0 Å². The minimum atomic E-state index is -4.33. The summed E-state index contributed by atoms with van der Waals surface area (Å²) < 4.78 is 40.2. The zero-order valence-corrected chi connectivity index (χ0v) is 20.6. The zero-order valence-electron chi connectivity index (χ0n) is 18.7. The normalized spacial score (nSPS) is 12.3. The van der Waals surface area contributed by atoms with E-state index in [0.717, 1.165) is 11.3 Å². The van der Waals surface area contributed by atoms with E-state index in [0.29, 0.717) is 17.7 Å². The van der Waals surface area contributed by atoms with Crippen LogP contribution in [-0.4, -0.2) is 21.3 Å². The van der Waals surface area contributed by atoms with Gasteiger partial charge in [-0.15, -0.1) is 0 Å². The molecule has 1 aromatic heterocycles. The highest BCUT2D eigenvalue weighted by Gasteiger charge is 2.37. The molecule has 0 atom stereocenters. The lowest BCUT2D eigenvalue weighted by Gasteiger charge is -2.35. The number of aromatic nitrogens is 1. The van der Waals surface area contributed by atoms with E-state index >= 15 is 0 Å². The number of pyridine rings is 1. The Labute approximate surface area is 176 Å². The van der Waals surface area contributed by atoms with Crippen LogP contribution < -0.4 is 10.5 Å². The molecular weight excluding hydrogens is 404 g/mol. The monoisotopic (exact) mass is 438 g/mol. The van der Waals surface area contributed by atoms with E-state index in [1.165, 1.54) is 0 Å². The van der Waals surface area contributed by atoms with Crippen LogP contribution >= 0.6 is 0 Å². The number of aryl methyl sites for hydroxylation is 3. The maximum absolute atomic E-state index is 10.8. The predicted molar refractivity (Wildman–Crippen MR) is 117 cm³/mol. The first-order chi connectivity index (χ1) is 13.1. The zero-order chi connectivity index (χ0) is 22.6. The maximum Gasteiger partial charge on any atom is 0.235 e. The molecule has 2 aromatic rings. The van der Waals surface area contributed by atoms with Gasteiger partial charge in [-0.25, -0.2) is 14.3 Å². The van der Waals surface area contributed by atoms with E-state index in [-0.39, 0.29) is 9.93 Å². The molecule has 0 saturated heterocycles. The van der Waals surface area contributed by atoms with Gasteiger partial charge in [0.2, 0.25) is 5.69 Å². The fourth-order valence-electron chi connectivity index (χ4n) is 2.65. The lowest BCUT2D eigenvalue weighted by Crippen LogP contribution is -2.49. The van der Waals surface area contributed by atoms with Crippen LogP contribution in [0.15, 0.2) is 41.4 Å². The maximum atomic E-state index is 10.8. The van der Waals surface area contributed by atoms with Gasteiger partial charge in [0.25, 0.3) is 0 Å². The summed E-state index contributed by atoms with van der Waals surface area (Å²) in [7, 11) is -6.01. The van der Waals surface area contributed by atoms with Gasteiger partial charge in [0.1, 0.15) is 16.7 Å². The Hall–Kier alpha value is -1.74. The molecule has 0 bridgehead atoms. The Balaban J connectivity index is 0.000000296. The third-order valence-corrected chi connectivity index (χ3v) is 10.8. The van der Waals surface area contributed by atoms with Gasteiger partial charge in [0.15, 0.2) is 14.5 Å². The summed E-state index contributed by atoms with van der Waals surface area (Å²) in [6.45, 7) is 16.9. The van der Waals surface area contributed by atoms with Crippen LogP contribution in [0, 0.1) is 20.8 Å². The topological polar surface area (TPSA) is 96.3 Å². The van der Waals surface area contributed by atoms with Crippen molar-refractivity contribution < 1.29 is 22.1 Å². The molecule has 2 rings (SSSR count). The number of nitrogens with two attached hydrogens (primary N) is 1. The largest absolute Gasteiger partial charge is 0.744 e. The minimum Gasteiger partial charge on any atom is -0.744 e. The van der Waals surface area contributed by atoms with Crippen LogP contribution in [0.5, 0.6) is 0 Å². The quantitative estimate of drug-likeness (QED) is 0.340. The lowest BCUT2D eigenvalue weighted by atomic mass is 10.1. The molecule has 0 radical (unpaired) electrons. The van der Waals surface area contributed by atoms with Crippen LogP contribution in [0.3, 0.4) is 0 Å². The van der Waals surface area contributed by atoms with Crippen LogP contribution in [0.25, 0.3) is 0 Å². The molecule has 0 spiro atoms. The summed E-state index contributed by atoms with van der Waals surface area (Å²) in [5.41, 5.74) is 3.01. The van der Waals surface area contributed by atoms with Crippen LogP contribution in [0.2, 0.25) is 18.1 Å². The summed E-state index contributed by atoms with van der Waals surface area (Å²) in [4.78, 5) is -0.0851. The molecule has 0 aliphatic carbocycles. The molecule has 8 heteroatoms. The average molecular weight is 439 g/mol. The van der Waals surface area contributed by atoms with E-state index in [1.807, 2.05) is 31.3 Å². The number of benzene rings is 1. The molecule has 1 heterocycles. The molecule has 0 fully saturated rings. The molecular formula is C21H34N2O4SSi. The molecule has 162 valence electrons. The Morgan fingerprint density at radius 1 is 1.10 bits per heavy atom. The van der Waals surface area contributed by atoms with E-state index in [1.54, 1.807) is 30.7 Å². The highest BCUT2D eigenvalue weighted by atomic mass is 32.2. The highest BCUT2D eigenvalue weighted by molar-refractivity contribution is 7.85. The second-order valence-electron chi connectivity index (χ2n) is 8.83. The first-order valence-electron chi connectivity index (χ1n) is 9.48. The van der Waals surface area contributed by atoms with Gasteiger partial charge in [-0.3, -0.25) is 0 Å². The molecule has 29 heavy (non-hydrogen) atoms. The lowest BCUT2D eigenvalue weighted by molar-refractivity contribution is -0.648. The molecule has 1 aromatic carbocycles. The van der Waals surface area contributed by atoms with E-state index < -0.39 is 18.4 Å². The van der Waals surface area contributed by atoms with Gasteiger partial charge < -0.3 is 8.98 Å². The third-order valence-electron chi connectivity index (χ3n) is 5.22. The molecule has 2 N–H and O–H groups in total. The van der Waals surface area contributed by atoms with Crippen molar-refractivity contribution in [3.63, 3.8) is 0 Å². The average Bonchev–Trinajstić information content (AvgIpc) is 2.51. The molecule has 0 unspecified atom stereocenters. The van der Waals surface area contributed by atoms with Gasteiger partial charge in [-0.05, 0) is 56.1 Å². The second-order valence-corrected chi connectivity index (χ2v) is 15.0. The van der Waals surface area contributed by atoms with Crippen LogP contribution in [0.4, 0.5) is 0 Å². The van der Waals surface area contributed by atoms with Crippen molar-refractivity contribution >= 4 is 18.4 Å². The summed E-state index contributed by atoms with van der Waals surface area (Å²) >= 11 is 0. The Morgan fingerprint density at radius 3 is 2.03 bits per heavy atom. The van der Waals surface area contributed by atoms with Crippen molar-refractivity contribution in [2.75, 3.05) is 5.84 Å². The summed E-state index contributed by atoms with van der Waals surface area (Å²) in [5, 5.41) is 0.237. The van der Waals surface area contributed by atoms with Gasteiger partial charge in [0.05, 0.1) is 4.90 Å². The summed E-state index contributed by atoms with van der Waals surface area (Å²) in [6, 6.07) is 9.27. The van der Waals surface area contributed by atoms with E-state index in [2.05, 4.69) is 33.9 Å². The minimum absolute atomic E-state index is 0.0851. The Bertz CT molecular complexity index is 928. The SMILES string of the molecule is CC(C)(C)[Si](C)(C)OCc1cccc[n+]1N.Cc1cc(C)c(S(=O)(=O)[O-])c(C)c1. The van der Waals surface area contributed by atoms with Gasteiger partial charge in [0, 0.05) is 12.1 Å². The summed E-state index contributed by atoms with van der Waals surface area (Å²) in [5.74, 6) is 5.81. The van der Waals surface area contributed by atoms with Crippen LogP contribution in [-0.2, 0) is 21.2 Å². The highest BCUT2D eigenvalue weighted by Crippen LogP contribution is 2.36. The Kier molecular flexibility index (Phi) is 8.18.